The zero-order valence-electron chi connectivity index (χ0n) is 20.2. The van der Waals surface area contributed by atoms with Crippen LogP contribution in [0.5, 0.6) is 11.5 Å². The minimum absolute atomic E-state index is 0.230. The maximum atomic E-state index is 13.5. The molecular weight excluding hydrogens is 476 g/mol. The number of carbonyl (C=O) groups excluding carboxylic acids is 1. The molecule has 0 atom stereocenters. The van der Waals surface area contributed by atoms with Gasteiger partial charge in [0.2, 0.25) is 0 Å². The van der Waals surface area contributed by atoms with E-state index in [9.17, 15) is 13.6 Å². The number of fused-ring (bicyclic) bond motifs is 1. The first-order chi connectivity index (χ1) is 17.9. The maximum absolute atomic E-state index is 13.5. The minimum Gasteiger partial charge on any atom is -0.462 e. The second-order valence-electron chi connectivity index (χ2n) is 8.42. The summed E-state index contributed by atoms with van der Waals surface area (Å²) >= 11 is 0. The fourth-order valence-electron chi connectivity index (χ4n) is 4.08. The number of ether oxygens (including phenoxy) is 2. The predicted molar refractivity (Wildman–Crippen MR) is 136 cm³/mol. The number of aryl methyl sites for hydroxylation is 1. The van der Waals surface area contributed by atoms with Crippen LogP contribution in [0, 0.1) is 18.6 Å². The van der Waals surface area contributed by atoms with E-state index in [-0.39, 0.29) is 18.2 Å². The normalized spacial score (nSPS) is 11.0. The molecule has 8 heteroatoms. The zero-order valence-corrected chi connectivity index (χ0v) is 20.2. The highest BCUT2D eigenvalue weighted by Crippen LogP contribution is 2.29. The summed E-state index contributed by atoms with van der Waals surface area (Å²) in [6.45, 7) is 4.19. The van der Waals surface area contributed by atoms with Crippen LogP contribution < -0.4 is 4.74 Å². The Hall–Kier alpha value is -4.59. The lowest BCUT2D eigenvalue weighted by Crippen LogP contribution is -2.08. The van der Waals surface area contributed by atoms with E-state index in [2.05, 4.69) is 5.10 Å². The summed E-state index contributed by atoms with van der Waals surface area (Å²) in [7, 11) is 0. The van der Waals surface area contributed by atoms with Crippen molar-refractivity contribution in [1.29, 1.82) is 0 Å². The number of carbonyl (C=O) groups is 1. The minimum atomic E-state index is -0.469. The number of rotatable bonds is 7. The Labute approximate surface area is 212 Å². The van der Waals surface area contributed by atoms with Crippen LogP contribution in [0.4, 0.5) is 8.78 Å². The first kappa shape index (κ1) is 24.1. The van der Waals surface area contributed by atoms with Gasteiger partial charge >= 0.3 is 5.97 Å². The van der Waals surface area contributed by atoms with Crippen LogP contribution in [0.25, 0.3) is 22.3 Å². The van der Waals surface area contributed by atoms with Gasteiger partial charge in [-0.3, -0.25) is 0 Å². The standard InChI is InChI=1S/C29H23F2N3O3/c1-3-36-29(35)25-16-26(20-6-8-21(30)9-7-20)32-28-27(25)18(2)33-34(28)17-19-4-12-23(13-5-19)37-24-14-10-22(31)11-15-24/h4-16H,3,17H2,1-2H3. The largest absolute Gasteiger partial charge is 0.462 e. The number of hydrogen-bond donors (Lipinski definition) is 0. The molecular formula is C29H23F2N3O3. The van der Waals surface area contributed by atoms with Crippen molar-refractivity contribution in [1.82, 2.24) is 14.8 Å². The Morgan fingerprint density at radius 1 is 0.892 bits per heavy atom. The van der Waals surface area contributed by atoms with Gasteiger partial charge < -0.3 is 9.47 Å². The van der Waals surface area contributed by atoms with Crippen LogP contribution >= 0.6 is 0 Å². The van der Waals surface area contributed by atoms with Gasteiger partial charge in [-0.15, -0.1) is 0 Å². The monoisotopic (exact) mass is 499 g/mol. The molecule has 5 rings (SSSR count). The van der Waals surface area contributed by atoms with Crippen LogP contribution in [-0.2, 0) is 11.3 Å². The second-order valence-corrected chi connectivity index (χ2v) is 8.42. The Balaban J connectivity index is 1.50. The summed E-state index contributed by atoms with van der Waals surface area (Å²) in [6, 6.07) is 20.8. The van der Waals surface area contributed by atoms with E-state index in [4.69, 9.17) is 14.5 Å². The van der Waals surface area contributed by atoms with Crippen molar-refractivity contribution in [2.45, 2.75) is 20.4 Å². The highest BCUT2D eigenvalue weighted by molar-refractivity contribution is 6.05. The highest BCUT2D eigenvalue weighted by Gasteiger charge is 2.21. The molecule has 3 aromatic carbocycles. The van der Waals surface area contributed by atoms with Gasteiger partial charge in [-0.05, 0) is 86.1 Å². The summed E-state index contributed by atoms with van der Waals surface area (Å²) in [4.78, 5) is 17.6. The molecule has 0 saturated carbocycles. The average molecular weight is 500 g/mol. The van der Waals surface area contributed by atoms with Crippen LogP contribution in [0.2, 0.25) is 0 Å². The van der Waals surface area contributed by atoms with E-state index in [0.717, 1.165) is 5.56 Å². The predicted octanol–water partition coefficient (Wildman–Crippen LogP) is 6.70. The SMILES string of the molecule is CCOC(=O)c1cc(-c2ccc(F)cc2)nc2c1c(C)nn2Cc1ccc(Oc2ccc(F)cc2)cc1. The van der Waals surface area contributed by atoms with Gasteiger partial charge in [-0.2, -0.15) is 5.10 Å². The number of hydrogen-bond acceptors (Lipinski definition) is 5. The summed E-state index contributed by atoms with van der Waals surface area (Å²) in [5.41, 5.74) is 3.64. The first-order valence-electron chi connectivity index (χ1n) is 11.7. The van der Waals surface area contributed by atoms with Gasteiger partial charge in [-0.25, -0.2) is 23.2 Å². The molecule has 0 saturated heterocycles. The quantitative estimate of drug-likeness (QED) is 0.233. The van der Waals surface area contributed by atoms with Crippen molar-refractivity contribution in [3.05, 3.63) is 107 Å². The topological polar surface area (TPSA) is 66.2 Å². The number of aromatic nitrogens is 3. The molecule has 0 radical (unpaired) electrons. The lowest BCUT2D eigenvalue weighted by Gasteiger charge is -2.10. The molecule has 0 N–H and O–H groups in total. The van der Waals surface area contributed by atoms with Gasteiger partial charge in [0, 0.05) is 5.56 Å². The van der Waals surface area contributed by atoms with Crippen LogP contribution in [0.15, 0.2) is 78.9 Å². The number of halogens is 2. The third-order valence-electron chi connectivity index (χ3n) is 5.82. The Kier molecular flexibility index (Phi) is 6.64. The molecule has 2 heterocycles. The van der Waals surface area contributed by atoms with E-state index in [1.54, 1.807) is 41.9 Å². The Morgan fingerprint density at radius 2 is 1.49 bits per heavy atom. The fraction of sp³-hybridized carbons (Fsp3) is 0.138. The van der Waals surface area contributed by atoms with Crippen LogP contribution in [-0.4, -0.2) is 27.3 Å². The summed E-state index contributed by atoms with van der Waals surface area (Å²) < 4.78 is 39.4. The van der Waals surface area contributed by atoms with Crippen molar-refractivity contribution in [2.75, 3.05) is 6.61 Å². The van der Waals surface area contributed by atoms with E-state index < -0.39 is 5.97 Å². The molecule has 6 nitrogen and oxygen atoms in total. The molecule has 0 aliphatic carbocycles. The van der Waals surface area contributed by atoms with Crippen LogP contribution in [0.1, 0.15) is 28.5 Å². The van der Waals surface area contributed by atoms with Gasteiger partial charge in [-0.1, -0.05) is 12.1 Å². The van der Waals surface area contributed by atoms with Gasteiger partial charge in [0.1, 0.15) is 23.1 Å². The molecule has 0 bridgehead atoms. The summed E-state index contributed by atoms with van der Waals surface area (Å²) in [5.74, 6) is -0.0109. The molecule has 0 fully saturated rings. The Morgan fingerprint density at radius 3 is 2.11 bits per heavy atom. The van der Waals surface area contributed by atoms with Gasteiger partial charge in [0.05, 0.1) is 35.5 Å². The molecule has 5 aromatic rings. The van der Waals surface area contributed by atoms with Crippen LogP contribution in [0.3, 0.4) is 0 Å². The fourth-order valence-corrected chi connectivity index (χ4v) is 4.08. The number of nitrogens with zero attached hydrogens (tertiary/aromatic N) is 3. The molecule has 0 aliphatic rings. The van der Waals surface area contributed by atoms with Crippen molar-refractivity contribution in [3.63, 3.8) is 0 Å². The molecule has 0 aliphatic heterocycles. The number of benzene rings is 3. The van der Waals surface area contributed by atoms with Gasteiger partial charge in [0.15, 0.2) is 5.65 Å². The third-order valence-corrected chi connectivity index (χ3v) is 5.82. The summed E-state index contributed by atoms with van der Waals surface area (Å²) in [6.07, 6.45) is 0. The second kappa shape index (κ2) is 10.2. The molecule has 0 unspecified atom stereocenters. The van der Waals surface area contributed by atoms with Crippen molar-refractivity contribution < 1.29 is 23.0 Å². The van der Waals surface area contributed by atoms with E-state index in [0.29, 0.717) is 51.6 Å². The highest BCUT2D eigenvalue weighted by atomic mass is 19.1. The first-order valence-corrected chi connectivity index (χ1v) is 11.7. The smallest absolute Gasteiger partial charge is 0.339 e. The number of esters is 1. The average Bonchev–Trinajstić information content (AvgIpc) is 3.21. The molecule has 0 spiro atoms. The maximum Gasteiger partial charge on any atom is 0.339 e. The Bertz CT molecular complexity index is 1560. The van der Waals surface area contributed by atoms with Crippen molar-refractivity contribution in [2.24, 2.45) is 0 Å². The zero-order chi connectivity index (χ0) is 25.9. The van der Waals surface area contributed by atoms with E-state index in [1.165, 1.54) is 24.3 Å². The third kappa shape index (κ3) is 5.18. The lowest BCUT2D eigenvalue weighted by atomic mass is 10.1. The van der Waals surface area contributed by atoms with Gasteiger partial charge in [0.25, 0.3) is 0 Å². The van der Waals surface area contributed by atoms with E-state index in [1.807, 2.05) is 31.2 Å². The molecule has 2 aromatic heterocycles. The van der Waals surface area contributed by atoms with Crippen molar-refractivity contribution >= 4 is 17.0 Å². The molecule has 186 valence electrons. The van der Waals surface area contributed by atoms with Crippen molar-refractivity contribution in [3.8, 4) is 22.8 Å². The number of pyridine rings is 1. The lowest BCUT2D eigenvalue weighted by molar-refractivity contribution is 0.0528. The molecule has 37 heavy (non-hydrogen) atoms. The molecule has 0 amide bonds. The van der Waals surface area contributed by atoms with E-state index >= 15 is 0 Å². The summed E-state index contributed by atoms with van der Waals surface area (Å²) in [5, 5.41) is 5.27.